The molecule has 2 heterocycles. The standard InChI is InChI=1S/C20H27FN2O2/c21-18-8-5-16(6-9-18)7-10-19(24)23-14-11-17(15-23)20(25)22-12-3-1-2-4-13-22/h5-6,8-9,17H,1-4,7,10-15H2. The summed E-state index contributed by atoms with van der Waals surface area (Å²) >= 11 is 0. The van der Waals surface area contributed by atoms with Crippen LogP contribution in [-0.2, 0) is 16.0 Å². The molecule has 136 valence electrons. The van der Waals surface area contributed by atoms with Crippen LogP contribution in [0.25, 0.3) is 0 Å². The summed E-state index contributed by atoms with van der Waals surface area (Å²) in [6.07, 6.45) is 6.41. The number of rotatable bonds is 4. The number of benzene rings is 1. The van der Waals surface area contributed by atoms with Crippen molar-refractivity contribution in [3.63, 3.8) is 0 Å². The zero-order chi connectivity index (χ0) is 17.6. The predicted molar refractivity (Wildman–Crippen MR) is 94.5 cm³/mol. The molecule has 0 radical (unpaired) electrons. The van der Waals surface area contributed by atoms with Crippen molar-refractivity contribution in [2.75, 3.05) is 26.2 Å². The molecular weight excluding hydrogens is 319 g/mol. The van der Waals surface area contributed by atoms with Gasteiger partial charge >= 0.3 is 0 Å². The van der Waals surface area contributed by atoms with Crippen LogP contribution < -0.4 is 0 Å². The van der Waals surface area contributed by atoms with E-state index in [-0.39, 0.29) is 23.5 Å². The zero-order valence-corrected chi connectivity index (χ0v) is 14.8. The van der Waals surface area contributed by atoms with Gasteiger partial charge in [-0.2, -0.15) is 0 Å². The van der Waals surface area contributed by atoms with Crippen molar-refractivity contribution in [2.45, 2.75) is 44.9 Å². The number of hydrogen-bond acceptors (Lipinski definition) is 2. The number of aryl methyl sites for hydroxylation is 1. The lowest BCUT2D eigenvalue weighted by Crippen LogP contribution is -2.38. The van der Waals surface area contributed by atoms with E-state index in [0.717, 1.165) is 37.9 Å². The van der Waals surface area contributed by atoms with Crippen molar-refractivity contribution in [2.24, 2.45) is 5.92 Å². The van der Waals surface area contributed by atoms with Gasteiger partial charge in [0.1, 0.15) is 5.82 Å². The smallest absolute Gasteiger partial charge is 0.227 e. The van der Waals surface area contributed by atoms with Crippen LogP contribution in [-0.4, -0.2) is 47.8 Å². The Bertz CT molecular complexity index is 594. The minimum atomic E-state index is -0.260. The van der Waals surface area contributed by atoms with Gasteiger partial charge in [0.2, 0.25) is 11.8 Å². The first kappa shape index (κ1) is 17.9. The lowest BCUT2D eigenvalue weighted by Gasteiger charge is -2.24. The largest absolute Gasteiger partial charge is 0.342 e. The number of amides is 2. The van der Waals surface area contributed by atoms with E-state index in [1.54, 1.807) is 12.1 Å². The quantitative estimate of drug-likeness (QED) is 0.841. The molecule has 1 aromatic rings. The molecule has 0 bridgehead atoms. The first-order valence-electron chi connectivity index (χ1n) is 9.44. The Morgan fingerprint density at radius 3 is 2.32 bits per heavy atom. The number of nitrogens with zero attached hydrogens (tertiary/aromatic N) is 2. The van der Waals surface area contributed by atoms with Gasteiger partial charge in [-0.15, -0.1) is 0 Å². The molecule has 2 fully saturated rings. The summed E-state index contributed by atoms with van der Waals surface area (Å²) in [6.45, 7) is 2.96. The molecule has 2 aliphatic heterocycles. The molecule has 1 aromatic carbocycles. The maximum absolute atomic E-state index is 12.9. The summed E-state index contributed by atoms with van der Waals surface area (Å²) < 4.78 is 12.9. The first-order chi connectivity index (χ1) is 12.1. The average Bonchev–Trinajstić information content (AvgIpc) is 2.96. The molecule has 1 unspecified atom stereocenters. The highest BCUT2D eigenvalue weighted by molar-refractivity contribution is 5.82. The normalized spacial score (nSPS) is 21.2. The molecule has 2 amide bonds. The van der Waals surface area contributed by atoms with E-state index in [0.29, 0.717) is 25.9 Å². The third kappa shape index (κ3) is 4.80. The zero-order valence-electron chi connectivity index (χ0n) is 14.8. The first-order valence-corrected chi connectivity index (χ1v) is 9.44. The maximum Gasteiger partial charge on any atom is 0.227 e. The average molecular weight is 346 g/mol. The van der Waals surface area contributed by atoms with Gasteiger partial charge in [0.15, 0.2) is 0 Å². The van der Waals surface area contributed by atoms with Crippen molar-refractivity contribution in [1.29, 1.82) is 0 Å². The van der Waals surface area contributed by atoms with Crippen molar-refractivity contribution >= 4 is 11.8 Å². The van der Waals surface area contributed by atoms with Crippen LogP contribution in [0.1, 0.15) is 44.1 Å². The van der Waals surface area contributed by atoms with Crippen LogP contribution in [0, 0.1) is 11.7 Å². The molecule has 0 saturated carbocycles. The van der Waals surface area contributed by atoms with Crippen LogP contribution in [0.15, 0.2) is 24.3 Å². The minimum Gasteiger partial charge on any atom is -0.342 e. The lowest BCUT2D eigenvalue weighted by atomic mass is 10.1. The van der Waals surface area contributed by atoms with Gasteiger partial charge in [0, 0.05) is 32.6 Å². The molecule has 1 atom stereocenters. The fraction of sp³-hybridized carbons (Fsp3) is 0.600. The Morgan fingerprint density at radius 1 is 0.960 bits per heavy atom. The molecule has 4 nitrogen and oxygen atoms in total. The summed E-state index contributed by atoms with van der Waals surface area (Å²) in [5.74, 6) is 0.0311. The fourth-order valence-electron chi connectivity index (χ4n) is 3.80. The summed E-state index contributed by atoms with van der Waals surface area (Å²) in [7, 11) is 0. The number of carbonyl (C=O) groups excluding carboxylic acids is 2. The topological polar surface area (TPSA) is 40.6 Å². The lowest BCUT2D eigenvalue weighted by molar-refractivity contribution is -0.135. The predicted octanol–water partition coefficient (Wildman–Crippen LogP) is 3.01. The monoisotopic (exact) mass is 346 g/mol. The Balaban J connectivity index is 1.47. The molecule has 3 rings (SSSR count). The van der Waals surface area contributed by atoms with Gasteiger partial charge < -0.3 is 9.80 Å². The van der Waals surface area contributed by atoms with Crippen molar-refractivity contribution in [3.8, 4) is 0 Å². The Hall–Kier alpha value is -1.91. The van der Waals surface area contributed by atoms with Crippen LogP contribution in [0.4, 0.5) is 4.39 Å². The van der Waals surface area contributed by atoms with Gasteiger partial charge in [0.05, 0.1) is 5.92 Å². The molecule has 0 spiro atoms. The number of hydrogen-bond donors (Lipinski definition) is 0. The number of halogens is 1. The number of likely N-dealkylation sites (tertiary alicyclic amines) is 2. The summed E-state index contributed by atoms with van der Waals surface area (Å²) in [6, 6.07) is 6.29. The highest BCUT2D eigenvalue weighted by Gasteiger charge is 2.33. The van der Waals surface area contributed by atoms with Gasteiger partial charge in [-0.3, -0.25) is 9.59 Å². The number of carbonyl (C=O) groups is 2. The van der Waals surface area contributed by atoms with Crippen LogP contribution >= 0.6 is 0 Å². The Labute approximate surface area is 149 Å². The molecule has 2 aliphatic rings. The second-order valence-corrected chi connectivity index (χ2v) is 7.19. The fourth-order valence-corrected chi connectivity index (χ4v) is 3.80. The minimum absolute atomic E-state index is 0.0344. The molecule has 0 aliphatic carbocycles. The van der Waals surface area contributed by atoms with Crippen LogP contribution in [0.5, 0.6) is 0 Å². The Kier molecular flexibility index (Phi) is 6.05. The second-order valence-electron chi connectivity index (χ2n) is 7.19. The van der Waals surface area contributed by atoms with E-state index in [1.807, 2.05) is 9.80 Å². The van der Waals surface area contributed by atoms with E-state index >= 15 is 0 Å². The summed E-state index contributed by atoms with van der Waals surface area (Å²) in [4.78, 5) is 28.9. The molecular formula is C20H27FN2O2. The maximum atomic E-state index is 12.9. The summed E-state index contributed by atoms with van der Waals surface area (Å²) in [5, 5.41) is 0. The van der Waals surface area contributed by atoms with Gasteiger partial charge in [0.25, 0.3) is 0 Å². The van der Waals surface area contributed by atoms with E-state index in [9.17, 15) is 14.0 Å². The van der Waals surface area contributed by atoms with E-state index < -0.39 is 0 Å². The van der Waals surface area contributed by atoms with Crippen LogP contribution in [0.3, 0.4) is 0 Å². The SMILES string of the molecule is O=C(CCc1ccc(F)cc1)N1CCC(C(=O)N2CCCCCC2)C1. The molecule has 5 heteroatoms. The highest BCUT2D eigenvalue weighted by atomic mass is 19.1. The molecule has 0 aromatic heterocycles. The third-order valence-corrected chi connectivity index (χ3v) is 5.35. The Morgan fingerprint density at radius 2 is 1.64 bits per heavy atom. The highest BCUT2D eigenvalue weighted by Crippen LogP contribution is 2.22. The second kappa shape index (κ2) is 8.45. The molecule has 25 heavy (non-hydrogen) atoms. The molecule has 0 N–H and O–H groups in total. The van der Waals surface area contributed by atoms with Crippen LogP contribution in [0.2, 0.25) is 0 Å². The van der Waals surface area contributed by atoms with E-state index in [2.05, 4.69) is 0 Å². The van der Waals surface area contributed by atoms with E-state index in [4.69, 9.17) is 0 Å². The van der Waals surface area contributed by atoms with Crippen molar-refractivity contribution in [1.82, 2.24) is 9.80 Å². The third-order valence-electron chi connectivity index (χ3n) is 5.35. The van der Waals surface area contributed by atoms with Gasteiger partial charge in [-0.1, -0.05) is 25.0 Å². The van der Waals surface area contributed by atoms with Crippen molar-refractivity contribution in [3.05, 3.63) is 35.6 Å². The molecule has 2 saturated heterocycles. The summed E-state index contributed by atoms with van der Waals surface area (Å²) in [5.41, 5.74) is 0.964. The van der Waals surface area contributed by atoms with Gasteiger partial charge in [-0.25, -0.2) is 4.39 Å². The van der Waals surface area contributed by atoms with E-state index in [1.165, 1.54) is 25.0 Å². The van der Waals surface area contributed by atoms with Gasteiger partial charge in [-0.05, 0) is 43.4 Å². The van der Waals surface area contributed by atoms with Crippen molar-refractivity contribution < 1.29 is 14.0 Å².